The first-order valence-corrected chi connectivity index (χ1v) is 7.39. The van der Waals surface area contributed by atoms with E-state index in [-0.39, 0.29) is 23.9 Å². The van der Waals surface area contributed by atoms with Gasteiger partial charge in [-0.3, -0.25) is 9.59 Å². The lowest BCUT2D eigenvalue weighted by molar-refractivity contribution is -0.123. The van der Waals surface area contributed by atoms with E-state index in [4.69, 9.17) is 11.6 Å². The van der Waals surface area contributed by atoms with Crippen LogP contribution in [0.1, 0.15) is 11.1 Å². The molecule has 23 heavy (non-hydrogen) atoms. The SMILES string of the molecule is Cc1ccccc1CC(=O)NCC(=O)Nc1ccc(F)c(Cl)c1. The summed E-state index contributed by atoms with van der Waals surface area (Å²) in [6.07, 6.45) is 0.211. The molecule has 0 atom stereocenters. The maximum Gasteiger partial charge on any atom is 0.243 e. The molecule has 0 aromatic heterocycles. The second kappa shape index (κ2) is 7.74. The zero-order valence-electron chi connectivity index (χ0n) is 12.5. The molecule has 0 heterocycles. The Bertz CT molecular complexity index is 734. The highest BCUT2D eigenvalue weighted by molar-refractivity contribution is 6.31. The Labute approximate surface area is 138 Å². The fourth-order valence-corrected chi connectivity index (χ4v) is 2.18. The Morgan fingerprint density at radius 2 is 1.87 bits per heavy atom. The van der Waals surface area contributed by atoms with E-state index in [1.807, 2.05) is 31.2 Å². The van der Waals surface area contributed by atoms with Gasteiger partial charge in [-0.2, -0.15) is 0 Å². The Morgan fingerprint density at radius 1 is 1.13 bits per heavy atom. The van der Waals surface area contributed by atoms with E-state index in [2.05, 4.69) is 10.6 Å². The lowest BCUT2D eigenvalue weighted by Crippen LogP contribution is -2.33. The average molecular weight is 335 g/mol. The first-order valence-electron chi connectivity index (χ1n) is 7.02. The fourth-order valence-electron chi connectivity index (χ4n) is 2.00. The van der Waals surface area contributed by atoms with Crippen LogP contribution in [-0.4, -0.2) is 18.4 Å². The quantitative estimate of drug-likeness (QED) is 0.882. The van der Waals surface area contributed by atoms with Crippen LogP contribution in [0, 0.1) is 12.7 Å². The summed E-state index contributed by atoms with van der Waals surface area (Å²) >= 11 is 5.63. The van der Waals surface area contributed by atoms with Gasteiger partial charge in [0.05, 0.1) is 18.0 Å². The Kier molecular flexibility index (Phi) is 5.71. The normalized spacial score (nSPS) is 10.2. The predicted octanol–water partition coefficient (Wildman–Crippen LogP) is 3.08. The number of rotatable bonds is 5. The van der Waals surface area contributed by atoms with Crippen molar-refractivity contribution in [3.05, 3.63) is 64.4 Å². The summed E-state index contributed by atoms with van der Waals surface area (Å²) in [5.41, 5.74) is 2.30. The smallest absolute Gasteiger partial charge is 0.243 e. The van der Waals surface area contributed by atoms with Gasteiger partial charge in [0.15, 0.2) is 0 Å². The molecule has 4 nitrogen and oxygen atoms in total. The standard InChI is InChI=1S/C17H16ClFN2O2/c1-11-4-2-3-5-12(11)8-16(22)20-10-17(23)21-13-6-7-15(19)14(18)9-13/h2-7,9H,8,10H2,1H3,(H,20,22)(H,21,23). The van der Waals surface area contributed by atoms with Gasteiger partial charge in [-0.1, -0.05) is 35.9 Å². The number of hydrogen-bond donors (Lipinski definition) is 2. The first kappa shape index (κ1) is 17.0. The molecule has 2 amide bonds. The minimum absolute atomic E-state index is 0.0774. The summed E-state index contributed by atoms with van der Waals surface area (Å²) in [6.45, 7) is 1.76. The van der Waals surface area contributed by atoms with E-state index in [9.17, 15) is 14.0 Å². The summed E-state index contributed by atoms with van der Waals surface area (Å²) in [4.78, 5) is 23.6. The summed E-state index contributed by atoms with van der Waals surface area (Å²) in [5.74, 6) is -1.21. The van der Waals surface area contributed by atoms with E-state index in [0.717, 1.165) is 17.2 Å². The maximum absolute atomic E-state index is 13.0. The molecule has 0 radical (unpaired) electrons. The number of benzene rings is 2. The monoisotopic (exact) mass is 334 g/mol. The van der Waals surface area contributed by atoms with Gasteiger partial charge < -0.3 is 10.6 Å². The van der Waals surface area contributed by atoms with Crippen LogP contribution < -0.4 is 10.6 Å². The topological polar surface area (TPSA) is 58.2 Å². The lowest BCUT2D eigenvalue weighted by atomic mass is 10.1. The van der Waals surface area contributed by atoms with Gasteiger partial charge >= 0.3 is 0 Å². The fraction of sp³-hybridized carbons (Fsp3) is 0.176. The van der Waals surface area contributed by atoms with E-state index >= 15 is 0 Å². The molecular formula is C17H16ClFN2O2. The van der Waals surface area contributed by atoms with Crippen molar-refractivity contribution in [3.63, 3.8) is 0 Å². The van der Waals surface area contributed by atoms with Crippen molar-refractivity contribution >= 4 is 29.1 Å². The first-order chi connectivity index (χ1) is 11.0. The highest BCUT2D eigenvalue weighted by atomic mass is 35.5. The number of halogens is 2. The summed E-state index contributed by atoms with van der Waals surface area (Å²) in [5, 5.41) is 5.00. The number of aryl methyl sites for hydroxylation is 1. The van der Waals surface area contributed by atoms with E-state index < -0.39 is 11.7 Å². The number of anilines is 1. The molecule has 0 bridgehead atoms. The molecule has 0 aliphatic carbocycles. The number of carbonyl (C=O) groups is 2. The molecule has 0 unspecified atom stereocenters. The second-order valence-corrected chi connectivity index (χ2v) is 5.46. The maximum atomic E-state index is 13.0. The van der Waals surface area contributed by atoms with E-state index in [0.29, 0.717) is 5.69 Å². The molecule has 2 aromatic rings. The third kappa shape index (κ3) is 5.07. The lowest BCUT2D eigenvalue weighted by Gasteiger charge is -2.08. The van der Waals surface area contributed by atoms with Gasteiger partial charge in [-0.05, 0) is 36.2 Å². The Hall–Kier alpha value is -2.40. The van der Waals surface area contributed by atoms with Crippen molar-refractivity contribution in [1.29, 1.82) is 0 Å². The van der Waals surface area contributed by atoms with Gasteiger partial charge in [-0.15, -0.1) is 0 Å². The van der Waals surface area contributed by atoms with Crippen molar-refractivity contribution in [2.24, 2.45) is 0 Å². The summed E-state index contributed by atoms with van der Waals surface area (Å²) in [6, 6.07) is 11.4. The molecule has 0 fully saturated rings. The van der Waals surface area contributed by atoms with Crippen LogP contribution in [0.25, 0.3) is 0 Å². The van der Waals surface area contributed by atoms with Gasteiger partial charge in [0.25, 0.3) is 0 Å². The van der Waals surface area contributed by atoms with Crippen molar-refractivity contribution in [3.8, 4) is 0 Å². The van der Waals surface area contributed by atoms with Crippen LogP contribution in [0.15, 0.2) is 42.5 Å². The molecule has 2 aromatic carbocycles. The summed E-state index contributed by atoms with van der Waals surface area (Å²) in [7, 11) is 0. The van der Waals surface area contributed by atoms with Gasteiger partial charge in [0.1, 0.15) is 5.82 Å². The average Bonchev–Trinajstić information content (AvgIpc) is 2.51. The minimum atomic E-state index is -0.559. The van der Waals surface area contributed by atoms with E-state index in [1.54, 1.807) is 0 Å². The third-order valence-corrected chi connectivity index (χ3v) is 3.55. The Balaban J connectivity index is 1.83. The number of hydrogen-bond acceptors (Lipinski definition) is 2. The molecule has 2 N–H and O–H groups in total. The number of amides is 2. The van der Waals surface area contributed by atoms with Gasteiger partial charge in [0, 0.05) is 5.69 Å². The van der Waals surface area contributed by atoms with Crippen LogP contribution in [0.2, 0.25) is 5.02 Å². The van der Waals surface area contributed by atoms with Crippen LogP contribution in [0.4, 0.5) is 10.1 Å². The van der Waals surface area contributed by atoms with Gasteiger partial charge in [0.2, 0.25) is 11.8 Å². The summed E-state index contributed by atoms with van der Waals surface area (Å²) < 4.78 is 13.0. The van der Waals surface area contributed by atoms with Crippen LogP contribution >= 0.6 is 11.6 Å². The largest absolute Gasteiger partial charge is 0.347 e. The molecule has 2 rings (SSSR count). The van der Waals surface area contributed by atoms with Crippen molar-refractivity contribution in [1.82, 2.24) is 5.32 Å². The van der Waals surface area contributed by atoms with Crippen LogP contribution in [0.3, 0.4) is 0 Å². The molecule has 0 spiro atoms. The second-order valence-electron chi connectivity index (χ2n) is 5.06. The van der Waals surface area contributed by atoms with Crippen molar-refractivity contribution in [2.75, 3.05) is 11.9 Å². The minimum Gasteiger partial charge on any atom is -0.347 e. The molecule has 6 heteroatoms. The van der Waals surface area contributed by atoms with E-state index in [1.165, 1.54) is 12.1 Å². The van der Waals surface area contributed by atoms with Crippen LogP contribution in [-0.2, 0) is 16.0 Å². The van der Waals surface area contributed by atoms with Crippen LogP contribution in [0.5, 0.6) is 0 Å². The van der Waals surface area contributed by atoms with Crippen molar-refractivity contribution in [2.45, 2.75) is 13.3 Å². The Morgan fingerprint density at radius 3 is 2.57 bits per heavy atom. The zero-order chi connectivity index (χ0) is 16.8. The highest BCUT2D eigenvalue weighted by Gasteiger charge is 2.09. The predicted molar refractivity (Wildman–Crippen MR) is 87.9 cm³/mol. The molecule has 120 valence electrons. The molecule has 0 aliphatic rings. The van der Waals surface area contributed by atoms with Gasteiger partial charge in [-0.25, -0.2) is 4.39 Å². The molecule has 0 saturated heterocycles. The third-order valence-electron chi connectivity index (χ3n) is 3.26. The highest BCUT2D eigenvalue weighted by Crippen LogP contribution is 2.19. The van der Waals surface area contributed by atoms with Crippen molar-refractivity contribution < 1.29 is 14.0 Å². The zero-order valence-corrected chi connectivity index (χ0v) is 13.3. The molecule has 0 saturated carbocycles. The molecular weight excluding hydrogens is 319 g/mol. The number of nitrogens with one attached hydrogen (secondary N) is 2. The number of carbonyl (C=O) groups excluding carboxylic acids is 2. The molecule has 0 aliphatic heterocycles.